The van der Waals surface area contributed by atoms with Crippen LogP contribution in [0.15, 0.2) is 18.2 Å². The highest BCUT2D eigenvalue weighted by atomic mass is 16.5. The van der Waals surface area contributed by atoms with Gasteiger partial charge in [0.05, 0.1) is 12.8 Å². The summed E-state index contributed by atoms with van der Waals surface area (Å²) in [6, 6.07) is 5.26. The molecule has 1 aromatic rings. The van der Waals surface area contributed by atoms with Gasteiger partial charge in [0.1, 0.15) is 5.75 Å². The number of rotatable bonds is 3. The number of benzene rings is 1. The highest BCUT2D eigenvalue weighted by Gasteiger charge is 2.21. The topological polar surface area (TPSA) is 64.3 Å². The Morgan fingerprint density at radius 2 is 2.06 bits per heavy atom. The molecule has 0 radical (unpaired) electrons. The van der Waals surface area contributed by atoms with E-state index in [1.165, 1.54) is 6.42 Å². The molecule has 4 heteroatoms. The molecule has 0 atom stereocenters. The first-order chi connectivity index (χ1) is 8.70. The van der Waals surface area contributed by atoms with Crippen molar-refractivity contribution in [1.82, 2.24) is 0 Å². The quantitative estimate of drug-likeness (QED) is 0.808. The fourth-order valence-corrected chi connectivity index (χ4v) is 2.42. The van der Waals surface area contributed by atoms with E-state index >= 15 is 0 Å². The lowest BCUT2D eigenvalue weighted by Gasteiger charge is -2.21. The van der Waals surface area contributed by atoms with Gasteiger partial charge in [-0.05, 0) is 31.0 Å². The first-order valence-corrected chi connectivity index (χ1v) is 6.45. The van der Waals surface area contributed by atoms with E-state index in [2.05, 4.69) is 5.32 Å². The molecule has 2 rings (SSSR count). The average Bonchev–Trinajstić information content (AvgIpc) is 2.40. The molecule has 1 aliphatic carbocycles. The number of anilines is 2. The van der Waals surface area contributed by atoms with Crippen molar-refractivity contribution in [1.29, 1.82) is 0 Å². The van der Waals surface area contributed by atoms with Crippen LogP contribution in [-0.2, 0) is 4.79 Å². The minimum absolute atomic E-state index is 0.0820. The summed E-state index contributed by atoms with van der Waals surface area (Å²) in [6.45, 7) is 0. The number of hydrogen-bond acceptors (Lipinski definition) is 3. The minimum atomic E-state index is 0.0820. The summed E-state index contributed by atoms with van der Waals surface area (Å²) in [6.07, 6.45) is 5.50. The highest BCUT2D eigenvalue weighted by molar-refractivity contribution is 5.94. The van der Waals surface area contributed by atoms with E-state index in [1.807, 2.05) is 0 Å². The normalized spacial score (nSPS) is 16.3. The van der Waals surface area contributed by atoms with E-state index in [9.17, 15) is 4.79 Å². The van der Waals surface area contributed by atoms with Crippen LogP contribution >= 0.6 is 0 Å². The number of carbonyl (C=O) groups is 1. The van der Waals surface area contributed by atoms with Crippen molar-refractivity contribution in [3.05, 3.63) is 18.2 Å². The molecule has 18 heavy (non-hydrogen) atoms. The van der Waals surface area contributed by atoms with Gasteiger partial charge in [-0.1, -0.05) is 19.3 Å². The Morgan fingerprint density at radius 3 is 2.72 bits per heavy atom. The molecule has 1 aromatic carbocycles. The van der Waals surface area contributed by atoms with Crippen LogP contribution < -0.4 is 15.8 Å². The predicted molar refractivity (Wildman–Crippen MR) is 72.6 cm³/mol. The van der Waals surface area contributed by atoms with Crippen LogP contribution in [0.25, 0.3) is 0 Å². The summed E-state index contributed by atoms with van der Waals surface area (Å²) in [7, 11) is 1.59. The Morgan fingerprint density at radius 1 is 1.33 bits per heavy atom. The fraction of sp³-hybridized carbons (Fsp3) is 0.500. The smallest absolute Gasteiger partial charge is 0.227 e. The Labute approximate surface area is 108 Å². The Kier molecular flexibility index (Phi) is 4.07. The number of ether oxygens (including phenoxy) is 1. The van der Waals surface area contributed by atoms with Gasteiger partial charge in [-0.15, -0.1) is 0 Å². The van der Waals surface area contributed by atoms with Crippen molar-refractivity contribution in [3.63, 3.8) is 0 Å². The lowest BCUT2D eigenvalue weighted by atomic mass is 9.88. The van der Waals surface area contributed by atoms with Gasteiger partial charge in [-0.3, -0.25) is 4.79 Å². The third-order valence-electron chi connectivity index (χ3n) is 3.46. The van der Waals surface area contributed by atoms with E-state index in [1.54, 1.807) is 25.3 Å². The van der Waals surface area contributed by atoms with Crippen molar-refractivity contribution >= 4 is 17.3 Å². The van der Waals surface area contributed by atoms with E-state index in [4.69, 9.17) is 10.5 Å². The minimum Gasteiger partial charge on any atom is -0.495 e. The largest absolute Gasteiger partial charge is 0.495 e. The molecule has 0 aliphatic heterocycles. The highest BCUT2D eigenvalue weighted by Crippen LogP contribution is 2.29. The Bertz CT molecular complexity index is 426. The summed E-state index contributed by atoms with van der Waals surface area (Å²) in [5.41, 5.74) is 7.01. The van der Waals surface area contributed by atoms with Gasteiger partial charge in [0.25, 0.3) is 0 Å². The lowest BCUT2D eigenvalue weighted by molar-refractivity contribution is -0.120. The summed E-state index contributed by atoms with van der Waals surface area (Å²) >= 11 is 0. The van der Waals surface area contributed by atoms with Crippen LogP contribution in [0.3, 0.4) is 0 Å². The summed E-state index contributed by atoms with van der Waals surface area (Å²) in [5, 5.41) is 2.93. The predicted octanol–water partition coefficient (Wildman–Crippen LogP) is 2.80. The van der Waals surface area contributed by atoms with Gasteiger partial charge in [-0.25, -0.2) is 0 Å². The maximum Gasteiger partial charge on any atom is 0.227 e. The molecule has 0 saturated heterocycles. The molecule has 0 aromatic heterocycles. The number of nitrogens with one attached hydrogen (secondary N) is 1. The second kappa shape index (κ2) is 5.76. The molecule has 0 spiro atoms. The summed E-state index contributed by atoms with van der Waals surface area (Å²) in [5.74, 6) is 0.858. The lowest BCUT2D eigenvalue weighted by Crippen LogP contribution is -2.25. The van der Waals surface area contributed by atoms with Crippen molar-refractivity contribution in [2.24, 2.45) is 5.92 Å². The SMILES string of the molecule is COc1ccc(N)cc1NC(=O)C1CCCCC1. The maximum atomic E-state index is 12.1. The summed E-state index contributed by atoms with van der Waals surface area (Å²) in [4.78, 5) is 12.1. The van der Waals surface area contributed by atoms with E-state index in [0.29, 0.717) is 17.1 Å². The molecule has 3 N–H and O–H groups in total. The molecule has 0 heterocycles. The number of carbonyl (C=O) groups excluding carboxylic acids is 1. The van der Waals surface area contributed by atoms with Crippen LogP contribution in [0.4, 0.5) is 11.4 Å². The van der Waals surface area contributed by atoms with Crippen molar-refractivity contribution in [3.8, 4) is 5.75 Å². The second-order valence-electron chi connectivity index (χ2n) is 4.78. The monoisotopic (exact) mass is 248 g/mol. The first kappa shape index (κ1) is 12.7. The second-order valence-corrected chi connectivity index (χ2v) is 4.78. The molecule has 1 aliphatic rings. The van der Waals surface area contributed by atoms with Crippen LogP contribution in [0.1, 0.15) is 32.1 Å². The van der Waals surface area contributed by atoms with Crippen LogP contribution in [-0.4, -0.2) is 13.0 Å². The zero-order chi connectivity index (χ0) is 13.0. The molecule has 4 nitrogen and oxygen atoms in total. The number of hydrogen-bond donors (Lipinski definition) is 2. The number of amides is 1. The first-order valence-electron chi connectivity index (χ1n) is 6.45. The van der Waals surface area contributed by atoms with Gasteiger partial charge in [0, 0.05) is 11.6 Å². The van der Waals surface area contributed by atoms with Gasteiger partial charge in [0.15, 0.2) is 0 Å². The van der Waals surface area contributed by atoms with Gasteiger partial charge >= 0.3 is 0 Å². The summed E-state index contributed by atoms with van der Waals surface area (Å²) < 4.78 is 5.22. The van der Waals surface area contributed by atoms with E-state index < -0.39 is 0 Å². The van der Waals surface area contributed by atoms with E-state index in [0.717, 1.165) is 25.7 Å². The zero-order valence-electron chi connectivity index (χ0n) is 10.7. The fourth-order valence-electron chi connectivity index (χ4n) is 2.42. The zero-order valence-corrected chi connectivity index (χ0v) is 10.7. The van der Waals surface area contributed by atoms with Gasteiger partial charge in [0.2, 0.25) is 5.91 Å². The van der Waals surface area contributed by atoms with Crippen molar-refractivity contribution < 1.29 is 9.53 Å². The molecule has 98 valence electrons. The van der Waals surface area contributed by atoms with Crippen molar-refractivity contribution in [2.75, 3.05) is 18.2 Å². The van der Waals surface area contributed by atoms with Crippen LogP contribution in [0.5, 0.6) is 5.75 Å². The molecule has 1 fully saturated rings. The number of methoxy groups -OCH3 is 1. The third kappa shape index (κ3) is 2.94. The standard InChI is InChI=1S/C14H20N2O2/c1-18-13-8-7-11(15)9-12(13)16-14(17)10-5-3-2-4-6-10/h7-10H,2-6,15H2,1H3,(H,16,17). The Hall–Kier alpha value is -1.71. The average molecular weight is 248 g/mol. The van der Waals surface area contributed by atoms with Gasteiger partial charge < -0.3 is 15.8 Å². The maximum absolute atomic E-state index is 12.1. The molecule has 0 bridgehead atoms. The number of nitrogens with two attached hydrogens (primary N) is 1. The van der Waals surface area contributed by atoms with Crippen LogP contribution in [0.2, 0.25) is 0 Å². The molecule has 0 unspecified atom stereocenters. The number of nitrogen functional groups attached to an aromatic ring is 1. The van der Waals surface area contributed by atoms with Crippen LogP contribution in [0, 0.1) is 5.92 Å². The van der Waals surface area contributed by atoms with Gasteiger partial charge in [-0.2, -0.15) is 0 Å². The molecule has 1 amide bonds. The third-order valence-corrected chi connectivity index (χ3v) is 3.46. The molecular formula is C14H20N2O2. The molecule has 1 saturated carbocycles. The van der Waals surface area contributed by atoms with Crippen molar-refractivity contribution in [2.45, 2.75) is 32.1 Å². The molecular weight excluding hydrogens is 228 g/mol. The van der Waals surface area contributed by atoms with E-state index in [-0.39, 0.29) is 11.8 Å². The Balaban J connectivity index is 2.07.